The summed E-state index contributed by atoms with van der Waals surface area (Å²) in [6, 6.07) is 9.00. The van der Waals surface area contributed by atoms with Gasteiger partial charge in [0.2, 0.25) is 0 Å². The van der Waals surface area contributed by atoms with Gasteiger partial charge in [-0.3, -0.25) is 0 Å². The van der Waals surface area contributed by atoms with E-state index in [0.717, 1.165) is 12.0 Å². The number of rotatable bonds is 9. The van der Waals surface area contributed by atoms with Gasteiger partial charge in [0.25, 0.3) is 0 Å². The molecular formula is C21H33NO5. The SMILES string of the molecule is CC[C@H](C)C(CO[C@@](C)(Cc1ccccc1)C(=O)O)NC(=O)OC(C)(C)C. The van der Waals surface area contributed by atoms with Gasteiger partial charge >= 0.3 is 12.1 Å². The molecule has 6 nitrogen and oxygen atoms in total. The highest BCUT2D eigenvalue weighted by Gasteiger charge is 2.36. The minimum absolute atomic E-state index is 0.0872. The molecule has 1 aromatic rings. The zero-order chi connectivity index (χ0) is 20.7. The van der Waals surface area contributed by atoms with Crippen LogP contribution in [0.5, 0.6) is 0 Å². The summed E-state index contributed by atoms with van der Waals surface area (Å²) < 4.78 is 11.2. The minimum atomic E-state index is -1.39. The van der Waals surface area contributed by atoms with Gasteiger partial charge in [0.05, 0.1) is 12.6 Å². The molecule has 0 aliphatic rings. The average molecular weight is 379 g/mol. The molecule has 1 rings (SSSR count). The van der Waals surface area contributed by atoms with E-state index in [2.05, 4.69) is 5.32 Å². The second-order valence-electron chi connectivity index (χ2n) is 8.15. The Morgan fingerprint density at radius 2 is 1.74 bits per heavy atom. The summed E-state index contributed by atoms with van der Waals surface area (Å²) in [6.45, 7) is 11.0. The Kier molecular flexibility index (Phi) is 8.28. The van der Waals surface area contributed by atoms with Crippen LogP contribution in [0.2, 0.25) is 0 Å². The number of hydrogen-bond donors (Lipinski definition) is 2. The van der Waals surface area contributed by atoms with E-state index in [1.165, 1.54) is 0 Å². The topological polar surface area (TPSA) is 84.9 Å². The van der Waals surface area contributed by atoms with Gasteiger partial charge in [-0.2, -0.15) is 0 Å². The second kappa shape index (κ2) is 9.74. The predicted molar refractivity (Wildman–Crippen MR) is 105 cm³/mol. The molecule has 152 valence electrons. The molecule has 0 aliphatic heterocycles. The quantitative estimate of drug-likeness (QED) is 0.677. The van der Waals surface area contributed by atoms with Crippen molar-refractivity contribution in [3.8, 4) is 0 Å². The zero-order valence-electron chi connectivity index (χ0n) is 17.2. The van der Waals surface area contributed by atoms with Crippen molar-refractivity contribution < 1.29 is 24.2 Å². The Morgan fingerprint density at radius 1 is 1.15 bits per heavy atom. The van der Waals surface area contributed by atoms with Crippen LogP contribution in [0.4, 0.5) is 4.79 Å². The fourth-order valence-corrected chi connectivity index (χ4v) is 2.54. The minimum Gasteiger partial charge on any atom is -0.479 e. The van der Waals surface area contributed by atoms with Crippen molar-refractivity contribution in [3.63, 3.8) is 0 Å². The monoisotopic (exact) mass is 379 g/mol. The molecule has 0 saturated carbocycles. The number of hydrogen-bond acceptors (Lipinski definition) is 4. The van der Waals surface area contributed by atoms with Crippen molar-refractivity contribution in [1.29, 1.82) is 0 Å². The van der Waals surface area contributed by atoms with Crippen LogP contribution in [0.3, 0.4) is 0 Å². The average Bonchev–Trinajstić information content (AvgIpc) is 2.57. The molecular weight excluding hydrogens is 346 g/mol. The molecule has 1 amide bonds. The Morgan fingerprint density at radius 3 is 2.22 bits per heavy atom. The number of benzene rings is 1. The molecule has 3 atom stereocenters. The van der Waals surface area contributed by atoms with Crippen LogP contribution in [0, 0.1) is 5.92 Å². The maximum atomic E-state index is 12.1. The standard InChI is InChI=1S/C21H33NO5/c1-7-15(2)17(22-19(25)27-20(3,4)5)14-26-21(6,18(23)24)13-16-11-9-8-10-12-16/h8-12,15,17H,7,13-14H2,1-6H3,(H,22,25)(H,23,24)/t15-,17?,21-/m0/s1. The number of aliphatic carboxylic acids is 1. The summed E-state index contributed by atoms with van der Waals surface area (Å²) >= 11 is 0. The van der Waals surface area contributed by atoms with Gasteiger partial charge in [0.15, 0.2) is 5.60 Å². The summed E-state index contributed by atoms with van der Waals surface area (Å²) in [5.41, 5.74) is -1.11. The molecule has 0 radical (unpaired) electrons. The maximum Gasteiger partial charge on any atom is 0.407 e. The lowest BCUT2D eigenvalue weighted by atomic mass is 9.95. The van der Waals surface area contributed by atoms with E-state index < -0.39 is 23.3 Å². The zero-order valence-corrected chi connectivity index (χ0v) is 17.2. The first-order chi connectivity index (χ1) is 12.5. The summed E-state index contributed by atoms with van der Waals surface area (Å²) in [5.74, 6) is -0.932. The Bertz CT molecular complexity index is 611. The number of carbonyl (C=O) groups excluding carboxylic acids is 1. The van der Waals surface area contributed by atoms with E-state index in [1.807, 2.05) is 44.2 Å². The molecule has 1 aromatic carbocycles. The molecule has 0 aliphatic carbocycles. The maximum absolute atomic E-state index is 12.1. The molecule has 2 N–H and O–H groups in total. The lowest BCUT2D eigenvalue weighted by Crippen LogP contribution is -2.49. The highest BCUT2D eigenvalue weighted by molar-refractivity contribution is 5.77. The van der Waals surface area contributed by atoms with Crippen molar-refractivity contribution in [2.75, 3.05) is 6.61 Å². The van der Waals surface area contributed by atoms with Gasteiger partial charge < -0.3 is 19.9 Å². The summed E-state index contributed by atoms with van der Waals surface area (Å²) in [5, 5.41) is 12.5. The molecule has 0 saturated heterocycles. The first-order valence-electron chi connectivity index (χ1n) is 9.37. The van der Waals surface area contributed by atoms with Crippen LogP contribution in [0.25, 0.3) is 0 Å². The van der Waals surface area contributed by atoms with Crippen LogP contribution in [0.15, 0.2) is 30.3 Å². The molecule has 27 heavy (non-hydrogen) atoms. The molecule has 0 spiro atoms. The molecule has 0 aromatic heterocycles. The van der Waals surface area contributed by atoms with Crippen LogP contribution in [0.1, 0.15) is 53.5 Å². The van der Waals surface area contributed by atoms with E-state index in [4.69, 9.17) is 9.47 Å². The van der Waals surface area contributed by atoms with Gasteiger partial charge in [-0.15, -0.1) is 0 Å². The fraction of sp³-hybridized carbons (Fsp3) is 0.619. The second-order valence-corrected chi connectivity index (χ2v) is 8.15. The van der Waals surface area contributed by atoms with Crippen molar-refractivity contribution in [1.82, 2.24) is 5.32 Å². The number of carboxylic acids is 1. The van der Waals surface area contributed by atoms with Gasteiger partial charge in [-0.25, -0.2) is 9.59 Å². The van der Waals surface area contributed by atoms with Crippen molar-refractivity contribution in [2.24, 2.45) is 5.92 Å². The third kappa shape index (κ3) is 7.99. The molecule has 0 fully saturated rings. The lowest BCUT2D eigenvalue weighted by molar-refractivity contribution is -0.164. The number of alkyl carbamates (subject to hydrolysis) is 1. The van der Waals surface area contributed by atoms with E-state index in [9.17, 15) is 14.7 Å². The highest BCUT2D eigenvalue weighted by Crippen LogP contribution is 2.20. The van der Waals surface area contributed by atoms with E-state index >= 15 is 0 Å². The lowest BCUT2D eigenvalue weighted by Gasteiger charge is -2.31. The first-order valence-corrected chi connectivity index (χ1v) is 9.37. The van der Waals surface area contributed by atoms with Gasteiger partial charge in [-0.05, 0) is 39.2 Å². The third-order valence-electron chi connectivity index (χ3n) is 4.45. The Hall–Kier alpha value is -2.08. The number of ether oxygens (including phenoxy) is 2. The van der Waals surface area contributed by atoms with E-state index in [-0.39, 0.29) is 25.0 Å². The van der Waals surface area contributed by atoms with Crippen molar-refractivity contribution in [3.05, 3.63) is 35.9 Å². The Labute approximate surface area is 162 Å². The molecule has 0 heterocycles. The Balaban J connectivity index is 2.83. The highest BCUT2D eigenvalue weighted by atomic mass is 16.6. The van der Waals surface area contributed by atoms with E-state index in [0.29, 0.717) is 0 Å². The smallest absolute Gasteiger partial charge is 0.407 e. The number of amides is 1. The first kappa shape index (κ1) is 23.0. The van der Waals surface area contributed by atoms with Crippen LogP contribution in [-0.4, -0.2) is 41.0 Å². The molecule has 6 heteroatoms. The van der Waals surface area contributed by atoms with Crippen LogP contribution < -0.4 is 5.32 Å². The fourth-order valence-electron chi connectivity index (χ4n) is 2.54. The largest absolute Gasteiger partial charge is 0.479 e. The number of carboxylic acid groups (broad SMARTS) is 1. The molecule has 0 bridgehead atoms. The molecule has 1 unspecified atom stereocenters. The summed E-state index contributed by atoms with van der Waals surface area (Å²) in [4.78, 5) is 24.0. The summed E-state index contributed by atoms with van der Waals surface area (Å²) in [7, 11) is 0. The van der Waals surface area contributed by atoms with E-state index in [1.54, 1.807) is 27.7 Å². The van der Waals surface area contributed by atoms with Crippen molar-refractivity contribution in [2.45, 2.75) is 71.6 Å². The van der Waals surface area contributed by atoms with Crippen molar-refractivity contribution >= 4 is 12.1 Å². The van der Waals surface area contributed by atoms with Crippen LogP contribution >= 0.6 is 0 Å². The van der Waals surface area contributed by atoms with Gasteiger partial charge in [0.1, 0.15) is 5.60 Å². The number of carbonyl (C=O) groups is 2. The van der Waals surface area contributed by atoms with Gasteiger partial charge in [0, 0.05) is 6.42 Å². The predicted octanol–water partition coefficient (Wildman–Crippen LogP) is 4.03. The van der Waals surface area contributed by atoms with Crippen LogP contribution in [-0.2, 0) is 20.7 Å². The third-order valence-corrected chi connectivity index (χ3v) is 4.45. The van der Waals surface area contributed by atoms with Gasteiger partial charge in [-0.1, -0.05) is 50.6 Å². The number of nitrogens with one attached hydrogen (secondary N) is 1. The summed E-state index contributed by atoms with van der Waals surface area (Å²) in [6.07, 6.45) is 0.520. The normalized spacial score (nSPS) is 16.1.